The fraction of sp³-hybridized carbons (Fsp3) is 0.333. The zero-order valence-corrected chi connectivity index (χ0v) is 13.6. The summed E-state index contributed by atoms with van der Waals surface area (Å²) in [5, 5.41) is 8.55. The van der Waals surface area contributed by atoms with Crippen molar-refractivity contribution >= 4 is 50.4 Å². The van der Waals surface area contributed by atoms with Crippen LogP contribution >= 0.6 is 38.5 Å². The van der Waals surface area contributed by atoms with Crippen LogP contribution in [0.3, 0.4) is 0 Å². The fourth-order valence-electron chi connectivity index (χ4n) is 1.44. The van der Waals surface area contributed by atoms with Crippen molar-refractivity contribution in [2.24, 2.45) is 0 Å². The third-order valence-electron chi connectivity index (χ3n) is 2.39. The minimum atomic E-state index is -0.840. The number of hydrogen-bond acceptors (Lipinski definition) is 2. The molecule has 0 heterocycles. The highest BCUT2D eigenvalue weighted by Crippen LogP contribution is 2.19. The van der Waals surface area contributed by atoms with Crippen LogP contribution in [0.5, 0.6) is 0 Å². The van der Waals surface area contributed by atoms with E-state index in [2.05, 4.69) is 38.5 Å². The summed E-state index contributed by atoms with van der Waals surface area (Å²) in [6.07, 6.45) is 0.537. The lowest BCUT2D eigenvalue weighted by molar-refractivity contribution is -0.137. The molecule has 18 heavy (non-hydrogen) atoms. The van der Waals surface area contributed by atoms with E-state index in [0.717, 1.165) is 8.04 Å². The largest absolute Gasteiger partial charge is 0.481 e. The maximum atomic E-state index is 12.1. The molecule has 0 fully saturated rings. The van der Waals surface area contributed by atoms with E-state index in [1.807, 2.05) is 12.1 Å². The first-order valence-electron chi connectivity index (χ1n) is 5.34. The van der Waals surface area contributed by atoms with E-state index >= 15 is 0 Å². The predicted octanol–water partition coefficient (Wildman–Crippen LogP) is 2.99. The number of hydrogen-bond donors (Lipinski definition) is 1. The van der Waals surface area contributed by atoms with Crippen LogP contribution in [0.25, 0.3) is 0 Å². The molecular formula is C12H13BrINO3. The van der Waals surface area contributed by atoms with Gasteiger partial charge in [-0.15, -0.1) is 0 Å². The predicted molar refractivity (Wildman–Crippen MR) is 80.7 cm³/mol. The van der Waals surface area contributed by atoms with E-state index in [9.17, 15) is 9.59 Å². The van der Waals surface area contributed by atoms with Crippen molar-refractivity contribution in [1.29, 1.82) is 0 Å². The minimum Gasteiger partial charge on any atom is -0.481 e. The first-order chi connectivity index (χ1) is 8.41. The van der Waals surface area contributed by atoms with Crippen molar-refractivity contribution in [3.8, 4) is 0 Å². The van der Waals surface area contributed by atoms with Crippen LogP contribution in [0.15, 0.2) is 22.7 Å². The lowest BCUT2D eigenvalue weighted by atomic mass is 10.2. The van der Waals surface area contributed by atoms with Gasteiger partial charge in [-0.2, -0.15) is 0 Å². The molecule has 0 radical (unpaired) electrons. The van der Waals surface area contributed by atoms with E-state index < -0.39 is 5.97 Å². The molecule has 1 rings (SSSR count). The summed E-state index contributed by atoms with van der Waals surface area (Å²) in [6.45, 7) is 0.438. The monoisotopic (exact) mass is 425 g/mol. The molecule has 0 saturated carbocycles. The topological polar surface area (TPSA) is 57.6 Å². The van der Waals surface area contributed by atoms with Crippen molar-refractivity contribution < 1.29 is 14.7 Å². The lowest BCUT2D eigenvalue weighted by Gasteiger charge is -2.17. The molecule has 0 aliphatic carbocycles. The molecule has 1 N–H and O–H groups in total. The maximum absolute atomic E-state index is 12.1. The summed E-state index contributed by atoms with van der Waals surface area (Å²) in [6, 6.07) is 5.52. The molecule has 0 atom stereocenters. The molecule has 0 aliphatic rings. The van der Waals surface area contributed by atoms with E-state index in [4.69, 9.17) is 5.11 Å². The smallest absolute Gasteiger partial charge is 0.303 e. The van der Waals surface area contributed by atoms with Gasteiger partial charge in [0.15, 0.2) is 0 Å². The van der Waals surface area contributed by atoms with Gasteiger partial charge in [-0.25, -0.2) is 0 Å². The van der Waals surface area contributed by atoms with E-state index in [0.29, 0.717) is 18.5 Å². The third kappa shape index (κ3) is 4.56. The van der Waals surface area contributed by atoms with Gasteiger partial charge < -0.3 is 10.0 Å². The molecule has 0 saturated heterocycles. The molecule has 6 heteroatoms. The number of halogens is 2. The maximum Gasteiger partial charge on any atom is 0.303 e. The van der Waals surface area contributed by atoms with Gasteiger partial charge in [-0.05, 0) is 47.2 Å². The number of carboxylic acid groups (broad SMARTS) is 1. The van der Waals surface area contributed by atoms with Gasteiger partial charge in [0, 0.05) is 28.1 Å². The highest BCUT2D eigenvalue weighted by Gasteiger charge is 2.15. The number of rotatable bonds is 5. The Morgan fingerprint density at radius 2 is 2.11 bits per heavy atom. The van der Waals surface area contributed by atoms with Crippen LogP contribution in [0.1, 0.15) is 23.2 Å². The highest BCUT2D eigenvalue weighted by molar-refractivity contribution is 14.1. The van der Waals surface area contributed by atoms with Gasteiger partial charge in [0.05, 0.1) is 5.56 Å². The number of benzene rings is 1. The Labute approximate surface area is 128 Å². The second kappa shape index (κ2) is 7.08. The fourth-order valence-corrected chi connectivity index (χ4v) is 2.36. The number of aliphatic carboxylic acids is 1. The van der Waals surface area contributed by atoms with Crippen molar-refractivity contribution in [2.45, 2.75) is 12.8 Å². The average molecular weight is 426 g/mol. The van der Waals surface area contributed by atoms with Crippen LogP contribution in [-0.2, 0) is 4.79 Å². The summed E-state index contributed by atoms with van der Waals surface area (Å²) >= 11 is 5.45. The summed E-state index contributed by atoms with van der Waals surface area (Å²) in [7, 11) is 1.68. The number of nitrogens with zero attached hydrogens (tertiary/aromatic N) is 1. The van der Waals surface area contributed by atoms with Crippen LogP contribution in [-0.4, -0.2) is 35.5 Å². The first kappa shape index (κ1) is 15.4. The zero-order valence-electron chi connectivity index (χ0n) is 9.82. The van der Waals surface area contributed by atoms with Gasteiger partial charge in [-0.3, -0.25) is 9.59 Å². The standard InChI is InChI=1S/C12H13BrINO3/c1-15(6-2-3-11(16)17)12(18)9-7-8(13)4-5-10(9)14/h4-5,7H,2-3,6H2,1H3,(H,16,17). The Balaban J connectivity index is 2.68. The summed E-state index contributed by atoms with van der Waals surface area (Å²) in [5.74, 6) is -0.932. The molecule has 98 valence electrons. The second-order valence-electron chi connectivity index (χ2n) is 3.85. The van der Waals surface area contributed by atoms with Crippen molar-refractivity contribution in [3.05, 3.63) is 31.8 Å². The summed E-state index contributed by atoms with van der Waals surface area (Å²) < 4.78 is 1.73. The highest BCUT2D eigenvalue weighted by atomic mass is 127. The SMILES string of the molecule is CN(CCCC(=O)O)C(=O)c1cc(Br)ccc1I. The molecular weight excluding hydrogens is 413 g/mol. The zero-order chi connectivity index (χ0) is 13.7. The van der Waals surface area contributed by atoms with Crippen molar-refractivity contribution in [2.75, 3.05) is 13.6 Å². The van der Waals surface area contributed by atoms with E-state index in [1.54, 1.807) is 18.0 Å². The average Bonchev–Trinajstić information content (AvgIpc) is 2.30. The molecule has 1 aromatic carbocycles. The Bertz CT molecular complexity index is 465. The molecule has 1 aromatic rings. The van der Waals surface area contributed by atoms with Crippen molar-refractivity contribution in [1.82, 2.24) is 4.90 Å². The lowest BCUT2D eigenvalue weighted by Crippen LogP contribution is -2.28. The van der Waals surface area contributed by atoms with E-state index in [1.165, 1.54) is 0 Å². The molecule has 0 unspecified atom stereocenters. The van der Waals surface area contributed by atoms with E-state index in [-0.39, 0.29) is 12.3 Å². The Morgan fingerprint density at radius 3 is 2.72 bits per heavy atom. The van der Waals surface area contributed by atoms with Gasteiger partial charge in [0.25, 0.3) is 5.91 Å². The molecule has 0 aliphatic heterocycles. The van der Waals surface area contributed by atoms with Crippen LogP contribution < -0.4 is 0 Å². The number of carboxylic acids is 1. The Hall–Kier alpha value is -0.630. The normalized spacial score (nSPS) is 10.2. The molecule has 1 amide bonds. The first-order valence-corrected chi connectivity index (χ1v) is 7.21. The summed E-state index contributed by atoms with van der Waals surface area (Å²) in [5.41, 5.74) is 0.628. The van der Waals surface area contributed by atoms with Crippen LogP contribution in [0.4, 0.5) is 0 Å². The molecule has 0 spiro atoms. The molecule has 4 nitrogen and oxygen atoms in total. The number of carbonyl (C=O) groups is 2. The third-order valence-corrected chi connectivity index (χ3v) is 3.82. The Morgan fingerprint density at radius 1 is 1.44 bits per heavy atom. The van der Waals surface area contributed by atoms with Gasteiger partial charge in [-0.1, -0.05) is 15.9 Å². The Kier molecular flexibility index (Phi) is 6.07. The van der Waals surface area contributed by atoms with Gasteiger partial charge >= 0.3 is 5.97 Å². The second-order valence-corrected chi connectivity index (χ2v) is 5.93. The molecule has 0 aromatic heterocycles. The van der Waals surface area contributed by atoms with Gasteiger partial charge in [0.1, 0.15) is 0 Å². The van der Waals surface area contributed by atoms with Gasteiger partial charge in [0.2, 0.25) is 0 Å². The number of amides is 1. The van der Waals surface area contributed by atoms with Crippen LogP contribution in [0, 0.1) is 3.57 Å². The number of carbonyl (C=O) groups excluding carboxylic acids is 1. The molecule has 0 bridgehead atoms. The summed E-state index contributed by atoms with van der Waals surface area (Å²) in [4.78, 5) is 24.1. The van der Waals surface area contributed by atoms with Crippen molar-refractivity contribution in [3.63, 3.8) is 0 Å². The minimum absolute atomic E-state index is 0.0766. The van der Waals surface area contributed by atoms with Crippen LogP contribution in [0.2, 0.25) is 0 Å². The quantitative estimate of drug-likeness (QED) is 0.738.